The molecule has 0 spiro atoms. The van der Waals surface area contributed by atoms with Gasteiger partial charge in [0.05, 0.1) is 11.3 Å². The van der Waals surface area contributed by atoms with Gasteiger partial charge in [0.2, 0.25) is 0 Å². The van der Waals surface area contributed by atoms with Gasteiger partial charge in [-0.15, -0.1) is 0 Å². The number of hydrogen-bond donors (Lipinski definition) is 0. The van der Waals surface area contributed by atoms with Crippen molar-refractivity contribution in [1.82, 2.24) is 4.98 Å². The quantitative estimate of drug-likeness (QED) is 0.760. The maximum absolute atomic E-state index is 8.69. The van der Waals surface area contributed by atoms with E-state index in [1.54, 1.807) is 12.3 Å². The van der Waals surface area contributed by atoms with Crippen LogP contribution in [-0.4, -0.2) is 4.98 Å². The number of rotatable bonds is 2. The van der Waals surface area contributed by atoms with Crippen LogP contribution in [0.5, 0.6) is 0 Å². The Morgan fingerprint density at radius 2 is 2.12 bits per heavy atom. The predicted molar refractivity (Wildman–Crippen MR) is 63.8 cm³/mol. The number of benzene rings is 1. The first-order valence-corrected chi connectivity index (χ1v) is 5.29. The summed E-state index contributed by atoms with van der Waals surface area (Å²) < 4.78 is 0. The summed E-state index contributed by atoms with van der Waals surface area (Å²) in [4.78, 5) is 4.27. The van der Waals surface area contributed by atoms with Gasteiger partial charge in [0, 0.05) is 11.8 Å². The molecule has 0 bridgehead atoms. The third-order valence-electron chi connectivity index (χ3n) is 2.52. The minimum atomic E-state index is 0.593. The molecule has 0 fully saturated rings. The van der Waals surface area contributed by atoms with E-state index in [4.69, 9.17) is 5.26 Å². The van der Waals surface area contributed by atoms with Gasteiger partial charge >= 0.3 is 0 Å². The average Bonchev–Trinajstić information content (AvgIpc) is 2.39. The van der Waals surface area contributed by atoms with Gasteiger partial charge in [-0.1, -0.05) is 25.1 Å². The highest BCUT2D eigenvalue weighted by Gasteiger charge is 2.00. The number of pyridine rings is 1. The maximum atomic E-state index is 8.69. The van der Waals surface area contributed by atoms with Crippen molar-refractivity contribution >= 4 is 0 Å². The Bertz CT molecular complexity index is 521. The van der Waals surface area contributed by atoms with Crippen molar-refractivity contribution in [3.05, 3.63) is 53.7 Å². The van der Waals surface area contributed by atoms with Crippen molar-refractivity contribution in [2.75, 3.05) is 0 Å². The van der Waals surface area contributed by atoms with Crippen LogP contribution in [0.1, 0.15) is 18.1 Å². The second-order valence-corrected chi connectivity index (χ2v) is 3.60. The Hall–Kier alpha value is -2.14. The summed E-state index contributed by atoms with van der Waals surface area (Å²) in [6, 6.07) is 14.0. The molecule has 2 heteroatoms. The van der Waals surface area contributed by atoms with Crippen LogP contribution < -0.4 is 0 Å². The lowest BCUT2D eigenvalue weighted by atomic mass is 10.1. The zero-order valence-electron chi connectivity index (χ0n) is 9.14. The van der Waals surface area contributed by atoms with Gasteiger partial charge in [-0.05, 0) is 30.2 Å². The molecule has 0 radical (unpaired) electrons. The Morgan fingerprint density at radius 1 is 1.25 bits per heavy atom. The number of hydrogen-bond acceptors (Lipinski definition) is 2. The van der Waals surface area contributed by atoms with Crippen molar-refractivity contribution in [3.8, 4) is 17.3 Å². The molecule has 0 saturated carbocycles. The van der Waals surface area contributed by atoms with E-state index in [0.717, 1.165) is 17.7 Å². The van der Waals surface area contributed by atoms with E-state index in [9.17, 15) is 0 Å². The molecule has 0 aliphatic rings. The average molecular weight is 208 g/mol. The number of aryl methyl sites for hydroxylation is 1. The summed E-state index contributed by atoms with van der Waals surface area (Å²) in [7, 11) is 0. The maximum Gasteiger partial charge on any atom is 0.101 e. The lowest BCUT2D eigenvalue weighted by Crippen LogP contribution is -1.86. The predicted octanol–water partition coefficient (Wildman–Crippen LogP) is 3.18. The minimum absolute atomic E-state index is 0.593. The Balaban J connectivity index is 2.39. The van der Waals surface area contributed by atoms with Crippen molar-refractivity contribution in [3.63, 3.8) is 0 Å². The van der Waals surface area contributed by atoms with Gasteiger partial charge in [0.25, 0.3) is 0 Å². The highest BCUT2D eigenvalue weighted by Crippen LogP contribution is 2.18. The van der Waals surface area contributed by atoms with Crippen molar-refractivity contribution in [1.29, 1.82) is 5.26 Å². The smallest absolute Gasteiger partial charge is 0.101 e. The van der Waals surface area contributed by atoms with E-state index in [1.807, 2.05) is 18.2 Å². The van der Waals surface area contributed by atoms with E-state index < -0.39 is 0 Å². The fourth-order valence-electron chi connectivity index (χ4n) is 1.58. The largest absolute Gasteiger partial charge is 0.255 e. The van der Waals surface area contributed by atoms with Gasteiger partial charge in [-0.2, -0.15) is 5.26 Å². The van der Waals surface area contributed by atoms with Crippen LogP contribution in [0.15, 0.2) is 42.6 Å². The highest BCUT2D eigenvalue weighted by atomic mass is 14.7. The summed E-state index contributed by atoms with van der Waals surface area (Å²) in [6.07, 6.45) is 2.62. The summed E-state index contributed by atoms with van der Waals surface area (Å²) in [6.45, 7) is 2.13. The molecule has 16 heavy (non-hydrogen) atoms. The molecule has 2 nitrogen and oxygen atoms in total. The van der Waals surface area contributed by atoms with Crippen LogP contribution in [0.2, 0.25) is 0 Å². The first-order chi connectivity index (χ1) is 7.83. The molecule has 0 atom stereocenters. The molecule has 0 amide bonds. The monoisotopic (exact) mass is 208 g/mol. The molecule has 2 aromatic rings. The van der Waals surface area contributed by atoms with E-state index in [0.29, 0.717) is 5.56 Å². The van der Waals surface area contributed by atoms with Crippen molar-refractivity contribution in [2.45, 2.75) is 13.3 Å². The van der Waals surface area contributed by atoms with E-state index in [2.05, 4.69) is 30.1 Å². The topological polar surface area (TPSA) is 36.7 Å². The third kappa shape index (κ3) is 2.09. The second-order valence-electron chi connectivity index (χ2n) is 3.60. The Kier molecular flexibility index (Phi) is 2.98. The fourth-order valence-corrected chi connectivity index (χ4v) is 1.58. The number of aromatic nitrogens is 1. The highest BCUT2D eigenvalue weighted by molar-refractivity contribution is 5.60. The van der Waals surface area contributed by atoms with Gasteiger partial charge in [0.1, 0.15) is 6.07 Å². The van der Waals surface area contributed by atoms with Crippen LogP contribution in [0, 0.1) is 11.3 Å². The first-order valence-electron chi connectivity index (χ1n) is 5.29. The molecular formula is C14H12N2. The molecular weight excluding hydrogens is 196 g/mol. The van der Waals surface area contributed by atoms with Gasteiger partial charge in [0.15, 0.2) is 0 Å². The van der Waals surface area contributed by atoms with Crippen LogP contribution >= 0.6 is 0 Å². The van der Waals surface area contributed by atoms with E-state index in [-0.39, 0.29) is 0 Å². The van der Waals surface area contributed by atoms with Gasteiger partial charge in [-0.25, -0.2) is 0 Å². The molecule has 0 aliphatic carbocycles. The molecule has 0 saturated heterocycles. The van der Waals surface area contributed by atoms with E-state index in [1.165, 1.54) is 5.56 Å². The van der Waals surface area contributed by atoms with Crippen molar-refractivity contribution in [2.24, 2.45) is 0 Å². The van der Waals surface area contributed by atoms with Gasteiger partial charge in [-0.3, -0.25) is 4.98 Å². The van der Waals surface area contributed by atoms with Crippen molar-refractivity contribution < 1.29 is 0 Å². The fraction of sp³-hybridized carbons (Fsp3) is 0.143. The Labute approximate surface area is 95.2 Å². The lowest BCUT2D eigenvalue weighted by molar-refractivity contribution is 1.14. The van der Waals surface area contributed by atoms with Crippen LogP contribution in [0.3, 0.4) is 0 Å². The standard InChI is InChI=1S/C14H12N2/c1-2-11-4-3-5-13(8-11)14-7-6-12(9-15)10-16-14/h3-8,10H,2H2,1H3. The number of nitriles is 1. The first kappa shape index (κ1) is 10.4. The third-order valence-corrected chi connectivity index (χ3v) is 2.52. The lowest BCUT2D eigenvalue weighted by Gasteiger charge is -2.02. The second kappa shape index (κ2) is 4.59. The molecule has 0 unspecified atom stereocenters. The molecule has 1 aromatic carbocycles. The summed E-state index contributed by atoms with van der Waals surface area (Å²) >= 11 is 0. The normalized spacial score (nSPS) is 9.75. The molecule has 0 N–H and O–H groups in total. The Morgan fingerprint density at radius 3 is 2.75 bits per heavy atom. The molecule has 2 rings (SSSR count). The molecule has 1 heterocycles. The van der Waals surface area contributed by atoms with Gasteiger partial charge < -0.3 is 0 Å². The summed E-state index contributed by atoms with van der Waals surface area (Å²) in [5.74, 6) is 0. The molecule has 78 valence electrons. The van der Waals surface area contributed by atoms with Crippen LogP contribution in [0.25, 0.3) is 11.3 Å². The van der Waals surface area contributed by atoms with Crippen LogP contribution in [0.4, 0.5) is 0 Å². The van der Waals surface area contributed by atoms with E-state index >= 15 is 0 Å². The number of nitrogens with zero attached hydrogens (tertiary/aromatic N) is 2. The minimum Gasteiger partial charge on any atom is -0.255 e. The summed E-state index contributed by atoms with van der Waals surface area (Å²) in [5.41, 5.74) is 3.90. The molecule has 0 aliphatic heterocycles. The SMILES string of the molecule is CCc1cccc(-c2ccc(C#N)cn2)c1. The summed E-state index contributed by atoms with van der Waals surface area (Å²) in [5, 5.41) is 8.69. The zero-order chi connectivity index (χ0) is 11.4. The molecule has 1 aromatic heterocycles. The zero-order valence-corrected chi connectivity index (χ0v) is 9.14. The van der Waals surface area contributed by atoms with Crippen LogP contribution in [-0.2, 0) is 6.42 Å².